The minimum absolute atomic E-state index is 0.110. The number of nitrogens with one attached hydrogen (secondary N) is 2. The maximum Gasteiger partial charge on any atom is 0.323 e. The topological polar surface area (TPSA) is 120 Å². The SMILES string of the molecule is Cc1noc(C)c1NC(=O)Nc1cccc2c1O[C@H](CN(C)Cc1ccc(Cl)c(Cl)c1)[C@H](C)CN([C@@H](C)CO)C2=O. The van der Waals surface area contributed by atoms with Crippen LogP contribution in [0.2, 0.25) is 10.0 Å². The lowest BCUT2D eigenvalue weighted by atomic mass is 9.99. The number of fused-ring (bicyclic) bond motifs is 1. The fourth-order valence-electron chi connectivity index (χ4n) is 4.81. The summed E-state index contributed by atoms with van der Waals surface area (Å²) in [6.45, 7) is 8.53. The molecule has 3 N–H and O–H groups in total. The number of aliphatic hydroxyl groups is 1. The number of halogens is 2. The summed E-state index contributed by atoms with van der Waals surface area (Å²) in [5, 5.41) is 20.4. The van der Waals surface area contributed by atoms with Gasteiger partial charge in [0.05, 0.1) is 33.9 Å². The molecule has 12 heteroatoms. The number of para-hydroxylation sites is 1. The quantitative estimate of drug-likeness (QED) is 0.307. The number of ether oxygens (including phenoxy) is 1. The molecule has 1 aromatic heterocycles. The van der Waals surface area contributed by atoms with Crippen molar-refractivity contribution in [1.29, 1.82) is 0 Å². The molecule has 3 amide bonds. The number of aromatic nitrogens is 1. The highest BCUT2D eigenvalue weighted by molar-refractivity contribution is 6.42. The molecule has 0 saturated heterocycles. The van der Waals surface area contributed by atoms with Crippen molar-refractivity contribution in [1.82, 2.24) is 15.0 Å². The highest BCUT2D eigenvalue weighted by atomic mass is 35.5. The van der Waals surface area contributed by atoms with Crippen LogP contribution in [-0.2, 0) is 6.54 Å². The van der Waals surface area contributed by atoms with Gasteiger partial charge in [-0.1, -0.05) is 47.4 Å². The van der Waals surface area contributed by atoms with Gasteiger partial charge in [0.2, 0.25) is 0 Å². The van der Waals surface area contributed by atoms with Crippen molar-refractivity contribution in [2.24, 2.45) is 5.92 Å². The second-order valence-electron chi connectivity index (χ2n) is 10.5. The fraction of sp³-hybridized carbons (Fsp3) is 0.414. The number of hydrogen-bond acceptors (Lipinski definition) is 7. The molecule has 0 aliphatic carbocycles. The van der Waals surface area contributed by atoms with Crippen LogP contribution in [0.3, 0.4) is 0 Å². The molecule has 1 aliphatic rings. The molecular formula is C29H35Cl2N5O5. The number of amides is 3. The number of aliphatic hydroxyl groups excluding tert-OH is 1. The van der Waals surface area contributed by atoms with Gasteiger partial charge in [0.15, 0.2) is 11.5 Å². The normalized spacial score (nSPS) is 17.9. The van der Waals surface area contributed by atoms with E-state index in [4.69, 9.17) is 32.5 Å². The number of likely N-dealkylation sites (N-methyl/N-ethyl adjacent to an activating group) is 1. The van der Waals surface area contributed by atoms with Crippen molar-refractivity contribution >= 4 is 46.5 Å². The highest BCUT2D eigenvalue weighted by Gasteiger charge is 2.34. The van der Waals surface area contributed by atoms with Crippen LogP contribution >= 0.6 is 23.2 Å². The summed E-state index contributed by atoms with van der Waals surface area (Å²) in [7, 11) is 1.97. The van der Waals surface area contributed by atoms with Crippen LogP contribution in [0.15, 0.2) is 40.9 Å². The van der Waals surface area contributed by atoms with Gasteiger partial charge in [-0.3, -0.25) is 9.69 Å². The standard InChI is InChI=1S/C29H35Cl2N5O5/c1-16-12-36(17(2)15-37)28(38)21-7-6-8-24(32-29(39)33-26-18(3)34-41-19(26)4)27(21)40-25(16)14-35(5)13-20-9-10-22(30)23(31)11-20/h6-11,16-17,25,37H,12-15H2,1-5H3,(H2,32,33,39)/t16-,17+,25-/m1/s1. The summed E-state index contributed by atoms with van der Waals surface area (Å²) < 4.78 is 11.7. The number of rotatable bonds is 8. The third kappa shape index (κ3) is 7.13. The maximum absolute atomic E-state index is 13.7. The van der Waals surface area contributed by atoms with Crippen molar-refractivity contribution < 1.29 is 24.0 Å². The van der Waals surface area contributed by atoms with Crippen LogP contribution in [0.4, 0.5) is 16.2 Å². The first kappa shape index (κ1) is 30.6. The minimum Gasteiger partial charge on any atom is -0.486 e. The van der Waals surface area contributed by atoms with E-state index in [-0.39, 0.29) is 30.3 Å². The first-order valence-electron chi connectivity index (χ1n) is 13.3. The third-order valence-corrected chi connectivity index (χ3v) is 7.88. The Balaban J connectivity index is 1.64. The van der Waals surface area contributed by atoms with Gasteiger partial charge >= 0.3 is 6.03 Å². The van der Waals surface area contributed by atoms with Crippen LogP contribution < -0.4 is 15.4 Å². The number of carbonyl (C=O) groups is 2. The van der Waals surface area contributed by atoms with E-state index in [1.54, 1.807) is 49.9 Å². The van der Waals surface area contributed by atoms with Gasteiger partial charge in [0.25, 0.3) is 5.91 Å². The van der Waals surface area contributed by atoms with E-state index in [1.807, 2.05) is 26.1 Å². The fourth-order valence-corrected chi connectivity index (χ4v) is 5.13. The molecule has 0 saturated carbocycles. The first-order chi connectivity index (χ1) is 19.5. The lowest BCUT2D eigenvalue weighted by molar-refractivity contribution is 0.0343. The maximum atomic E-state index is 13.7. The van der Waals surface area contributed by atoms with Gasteiger partial charge in [0.1, 0.15) is 17.5 Å². The number of urea groups is 1. The van der Waals surface area contributed by atoms with Crippen LogP contribution in [0.1, 0.15) is 41.2 Å². The zero-order valence-electron chi connectivity index (χ0n) is 23.7. The van der Waals surface area contributed by atoms with E-state index in [1.165, 1.54) is 0 Å². The van der Waals surface area contributed by atoms with E-state index in [2.05, 4.69) is 20.7 Å². The number of nitrogens with zero attached hydrogens (tertiary/aromatic N) is 3. The Morgan fingerprint density at radius 3 is 2.63 bits per heavy atom. The predicted molar refractivity (Wildman–Crippen MR) is 159 cm³/mol. The Hall–Kier alpha value is -3.31. The molecule has 10 nitrogen and oxygen atoms in total. The zero-order valence-corrected chi connectivity index (χ0v) is 25.2. The lowest BCUT2D eigenvalue weighted by Gasteiger charge is -2.38. The summed E-state index contributed by atoms with van der Waals surface area (Å²) in [4.78, 5) is 30.5. The van der Waals surface area contributed by atoms with Gasteiger partial charge in [-0.25, -0.2) is 4.79 Å². The van der Waals surface area contributed by atoms with Gasteiger partial charge < -0.3 is 29.9 Å². The van der Waals surface area contributed by atoms with Crippen LogP contribution in [0.5, 0.6) is 5.75 Å². The molecule has 3 aromatic rings. The molecule has 0 radical (unpaired) electrons. The van der Waals surface area contributed by atoms with Crippen molar-refractivity contribution in [2.75, 3.05) is 37.4 Å². The summed E-state index contributed by atoms with van der Waals surface area (Å²) >= 11 is 12.3. The smallest absolute Gasteiger partial charge is 0.323 e. The predicted octanol–water partition coefficient (Wildman–Crippen LogP) is 5.59. The largest absolute Gasteiger partial charge is 0.486 e. The van der Waals surface area contributed by atoms with Gasteiger partial charge in [0, 0.05) is 25.6 Å². The molecule has 0 spiro atoms. The Kier molecular flexibility index (Phi) is 9.80. The molecule has 220 valence electrons. The van der Waals surface area contributed by atoms with Crippen molar-refractivity contribution in [3.8, 4) is 5.75 Å². The first-order valence-corrected chi connectivity index (χ1v) is 14.1. The van der Waals surface area contributed by atoms with E-state index in [0.717, 1.165) is 5.56 Å². The minimum atomic E-state index is -0.534. The van der Waals surface area contributed by atoms with Crippen molar-refractivity contribution in [2.45, 2.75) is 46.4 Å². The summed E-state index contributed by atoms with van der Waals surface area (Å²) in [5.41, 5.74) is 2.63. The summed E-state index contributed by atoms with van der Waals surface area (Å²) in [6, 6.07) is 9.61. The monoisotopic (exact) mass is 603 g/mol. The second-order valence-corrected chi connectivity index (χ2v) is 11.3. The Morgan fingerprint density at radius 1 is 1.22 bits per heavy atom. The Labute approximate surface area is 249 Å². The van der Waals surface area contributed by atoms with Crippen LogP contribution in [-0.4, -0.2) is 70.9 Å². The summed E-state index contributed by atoms with van der Waals surface area (Å²) in [5.74, 6) is 0.341. The number of carbonyl (C=O) groups excluding carboxylic acids is 2. The molecular weight excluding hydrogens is 569 g/mol. The Morgan fingerprint density at radius 2 is 1.98 bits per heavy atom. The third-order valence-electron chi connectivity index (χ3n) is 7.14. The van der Waals surface area contributed by atoms with Gasteiger partial charge in [-0.2, -0.15) is 0 Å². The van der Waals surface area contributed by atoms with Crippen molar-refractivity contribution in [3.63, 3.8) is 0 Å². The summed E-state index contributed by atoms with van der Waals surface area (Å²) in [6.07, 6.45) is -0.364. The lowest BCUT2D eigenvalue weighted by Crippen LogP contribution is -2.49. The molecule has 4 rings (SSSR count). The molecule has 0 fully saturated rings. The highest BCUT2D eigenvalue weighted by Crippen LogP contribution is 2.35. The number of anilines is 2. The average Bonchev–Trinajstić information content (AvgIpc) is 3.24. The van der Waals surface area contributed by atoms with E-state index in [0.29, 0.717) is 58.1 Å². The zero-order chi connectivity index (χ0) is 29.8. The molecule has 0 unspecified atom stereocenters. The van der Waals surface area contributed by atoms with Crippen LogP contribution in [0.25, 0.3) is 0 Å². The number of hydrogen-bond donors (Lipinski definition) is 3. The average molecular weight is 605 g/mol. The van der Waals surface area contributed by atoms with Gasteiger partial charge in [-0.05, 0) is 57.6 Å². The van der Waals surface area contributed by atoms with E-state index < -0.39 is 12.1 Å². The molecule has 41 heavy (non-hydrogen) atoms. The van der Waals surface area contributed by atoms with Gasteiger partial charge in [-0.15, -0.1) is 0 Å². The second kappa shape index (κ2) is 13.1. The molecule has 3 atom stereocenters. The molecule has 0 bridgehead atoms. The molecule has 1 aliphatic heterocycles. The molecule has 2 aromatic carbocycles. The van der Waals surface area contributed by atoms with Crippen LogP contribution in [0, 0.1) is 19.8 Å². The number of benzene rings is 2. The number of aryl methyl sites for hydroxylation is 2. The van der Waals surface area contributed by atoms with Crippen molar-refractivity contribution in [3.05, 3.63) is 69.0 Å². The van der Waals surface area contributed by atoms with E-state index >= 15 is 0 Å². The van der Waals surface area contributed by atoms with E-state index in [9.17, 15) is 14.7 Å². The molecule has 2 heterocycles. The Bertz CT molecular complexity index is 1390.